The van der Waals surface area contributed by atoms with E-state index in [1.54, 1.807) is 4.90 Å². The summed E-state index contributed by atoms with van der Waals surface area (Å²) in [5.41, 5.74) is 1.84. The number of rotatable bonds is 7. The maximum Gasteiger partial charge on any atom is 0.322 e. The first-order valence-electron chi connectivity index (χ1n) is 11.2. The van der Waals surface area contributed by atoms with Crippen molar-refractivity contribution in [3.8, 4) is 0 Å². The third kappa shape index (κ3) is 5.50. The number of nitrogens with one attached hydrogen (secondary N) is 1. The fourth-order valence-electron chi connectivity index (χ4n) is 4.39. The Morgan fingerprint density at radius 1 is 1.00 bits per heavy atom. The van der Waals surface area contributed by atoms with Crippen LogP contribution >= 0.6 is 15.9 Å². The van der Waals surface area contributed by atoms with Crippen molar-refractivity contribution in [2.24, 2.45) is 7.05 Å². The molecule has 2 saturated carbocycles. The molecule has 2 fully saturated rings. The second kappa shape index (κ2) is 9.90. The molecule has 3 amide bonds. The molecule has 0 aliphatic heterocycles. The molecule has 4 rings (SSSR count). The average molecular weight is 487 g/mol. The zero-order chi connectivity index (χ0) is 21.8. The number of amides is 3. The van der Waals surface area contributed by atoms with Crippen LogP contribution in [0.4, 0.5) is 10.5 Å². The largest absolute Gasteiger partial charge is 0.353 e. The maximum absolute atomic E-state index is 13.4. The molecule has 1 heterocycles. The Hall–Kier alpha value is -2.28. The molecule has 7 heteroatoms. The SMILES string of the molecule is Cn1cccc1CN(C(=O)CN(C(=O)Nc1ccccc1Br)C1CCCCC1)C1CC1. The number of carbonyl (C=O) groups excluding carboxylic acids is 2. The highest BCUT2D eigenvalue weighted by Gasteiger charge is 2.36. The molecule has 31 heavy (non-hydrogen) atoms. The van der Waals surface area contributed by atoms with Crippen LogP contribution in [0.15, 0.2) is 47.1 Å². The normalized spacial score (nSPS) is 16.7. The van der Waals surface area contributed by atoms with E-state index >= 15 is 0 Å². The number of nitrogens with zero attached hydrogens (tertiary/aromatic N) is 3. The van der Waals surface area contributed by atoms with Crippen molar-refractivity contribution in [2.45, 2.75) is 63.6 Å². The van der Waals surface area contributed by atoms with Crippen molar-refractivity contribution in [2.75, 3.05) is 11.9 Å². The highest BCUT2D eigenvalue weighted by atomic mass is 79.9. The Morgan fingerprint density at radius 2 is 1.71 bits per heavy atom. The van der Waals surface area contributed by atoms with Gasteiger partial charge in [-0.05, 0) is 65.9 Å². The Bertz CT molecular complexity index is 918. The highest BCUT2D eigenvalue weighted by Crippen LogP contribution is 2.30. The first-order valence-corrected chi connectivity index (χ1v) is 12.0. The standard InChI is InChI=1S/C24H31BrN4O2/c1-27-15-7-10-20(27)16-28(19-13-14-19)23(30)17-29(18-8-3-2-4-9-18)24(31)26-22-12-6-5-11-21(22)25/h5-7,10-12,15,18-19H,2-4,8-9,13-14,16-17H2,1H3,(H,26,31). The quantitative estimate of drug-likeness (QED) is 0.588. The minimum absolute atomic E-state index is 0.0385. The van der Waals surface area contributed by atoms with E-state index in [2.05, 4.69) is 31.9 Å². The molecule has 6 nitrogen and oxygen atoms in total. The smallest absolute Gasteiger partial charge is 0.322 e. The van der Waals surface area contributed by atoms with Crippen molar-refractivity contribution >= 4 is 33.6 Å². The third-order valence-electron chi connectivity index (χ3n) is 6.39. The lowest BCUT2D eigenvalue weighted by atomic mass is 9.94. The third-order valence-corrected chi connectivity index (χ3v) is 7.08. The predicted octanol–water partition coefficient (Wildman–Crippen LogP) is 5.15. The van der Waals surface area contributed by atoms with Crippen LogP contribution in [-0.4, -0.2) is 44.9 Å². The van der Waals surface area contributed by atoms with Gasteiger partial charge in [0.15, 0.2) is 0 Å². The second-order valence-corrected chi connectivity index (χ2v) is 9.55. The number of benzene rings is 1. The Morgan fingerprint density at radius 3 is 2.35 bits per heavy atom. The van der Waals surface area contributed by atoms with Crippen LogP contribution in [0.1, 0.15) is 50.6 Å². The number of carbonyl (C=O) groups is 2. The number of hydrogen-bond donors (Lipinski definition) is 1. The van der Waals surface area contributed by atoms with Gasteiger partial charge in [-0.1, -0.05) is 31.4 Å². The van der Waals surface area contributed by atoms with Crippen LogP contribution in [-0.2, 0) is 18.4 Å². The monoisotopic (exact) mass is 486 g/mol. The first kappa shape index (κ1) is 21.9. The number of urea groups is 1. The van der Waals surface area contributed by atoms with Gasteiger partial charge in [0.25, 0.3) is 0 Å². The molecule has 2 aliphatic carbocycles. The number of aromatic nitrogens is 1. The second-order valence-electron chi connectivity index (χ2n) is 8.69. The Balaban J connectivity index is 1.50. The first-order chi connectivity index (χ1) is 15.0. The van der Waals surface area contributed by atoms with E-state index in [1.165, 1.54) is 6.42 Å². The van der Waals surface area contributed by atoms with Gasteiger partial charge in [-0.25, -0.2) is 4.79 Å². The van der Waals surface area contributed by atoms with E-state index in [0.29, 0.717) is 12.6 Å². The van der Waals surface area contributed by atoms with Gasteiger partial charge in [-0.3, -0.25) is 4.79 Å². The fourth-order valence-corrected chi connectivity index (χ4v) is 4.77. The highest BCUT2D eigenvalue weighted by molar-refractivity contribution is 9.10. The number of hydrogen-bond acceptors (Lipinski definition) is 2. The fraction of sp³-hybridized carbons (Fsp3) is 0.500. The van der Waals surface area contributed by atoms with E-state index in [1.807, 2.05) is 48.5 Å². The summed E-state index contributed by atoms with van der Waals surface area (Å²) in [5.74, 6) is 0.0385. The van der Waals surface area contributed by atoms with Crippen molar-refractivity contribution in [3.63, 3.8) is 0 Å². The zero-order valence-corrected chi connectivity index (χ0v) is 19.7. The van der Waals surface area contributed by atoms with Crippen molar-refractivity contribution in [1.29, 1.82) is 0 Å². The van der Waals surface area contributed by atoms with Crippen molar-refractivity contribution in [1.82, 2.24) is 14.4 Å². The molecule has 1 N–H and O–H groups in total. The van der Waals surface area contributed by atoms with Crippen LogP contribution < -0.4 is 5.32 Å². The van der Waals surface area contributed by atoms with E-state index in [-0.39, 0.29) is 24.5 Å². The van der Waals surface area contributed by atoms with Gasteiger partial charge in [0, 0.05) is 35.5 Å². The number of aryl methyl sites for hydroxylation is 1. The van der Waals surface area contributed by atoms with Gasteiger partial charge in [-0.2, -0.15) is 0 Å². The molecule has 2 aliphatic rings. The topological polar surface area (TPSA) is 57.6 Å². The number of anilines is 1. The van der Waals surface area contributed by atoms with Gasteiger partial charge in [0.1, 0.15) is 6.54 Å². The molecular weight excluding hydrogens is 456 g/mol. The van der Waals surface area contributed by atoms with Crippen LogP contribution in [0.25, 0.3) is 0 Å². The van der Waals surface area contributed by atoms with E-state index in [9.17, 15) is 9.59 Å². The Labute approximate surface area is 192 Å². The van der Waals surface area contributed by atoms with Crippen LogP contribution in [0.3, 0.4) is 0 Å². The number of para-hydroxylation sites is 1. The van der Waals surface area contributed by atoms with Crippen LogP contribution in [0.5, 0.6) is 0 Å². The number of halogens is 1. The molecule has 0 radical (unpaired) electrons. The van der Waals surface area contributed by atoms with Gasteiger partial charge in [0.2, 0.25) is 5.91 Å². The summed E-state index contributed by atoms with van der Waals surface area (Å²) in [7, 11) is 2.00. The summed E-state index contributed by atoms with van der Waals surface area (Å²) in [5, 5.41) is 3.02. The molecule has 0 unspecified atom stereocenters. The summed E-state index contributed by atoms with van der Waals surface area (Å²) in [6.45, 7) is 0.721. The summed E-state index contributed by atoms with van der Waals surface area (Å²) >= 11 is 3.50. The zero-order valence-electron chi connectivity index (χ0n) is 18.1. The van der Waals surface area contributed by atoms with Crippen LogP contribution in [0, 0.1) is 0 Å². The average Bonchev–Trinajstić information content (AvgIpc) is 3.54. The van der Waals surface area contributed by atoms with Gasteiger partial charge in [0.05, 0.1) is 12.2 Å². The molecule has 1 aromatic heterocycles. The summed E-state index contributed by atoms with van der Waals surface area (Å²) < 4.78 is 2.89. The molecule has 166 valence electrons. The predicted molar refractivity (Wildman–Crippen MR) is 126 cm³/mol. The van der Waals surface area contributed by atoms with Gasteiger partial charge >= 0.3 is 6.03 Å². The van der Waals surface area contributed by atoms with Gasteiger partial charge < -0.3 is 19.7 Å². The summed E-state index contributed by atoms with van der Waals surface area (Å²) in [6, 6.07) is 11.9. The lowest BCUT2D eigenvalue weighted by Crippen LogP contribution is -2.50. The lowest BCUT2D eigenvalue weighted by molar-refractivity contribution is -0.133. The molecule has 0 atom stereocenters. The maximum atomic E-state index is 13.4. The molecule has 1 aromatic carbocycles. The molecule has 0 bridgehead atoms. The van der Waals surface area contributed by atoms with E-state index in [0.717, 1.165) is 54.4 Å². The molecule has 0 spiro atoms. The lowest BCUT2D eigenvalue weighted by Gasteiger charge is -2.35. The van der Waals surface area contributed by atoms with Crippen LogP contribution in [0.2, 0.25) is 0 Å². The minimum Gasteiger partial charge on any atom is -0.353 e. The molecule has 0 saturated heterocycles. The van der Waals surface area contributed by atoms with Crippen molar-refractivity contribution < 1.29 is 9.59 Å². The minimum atomic E-state index is -0.193. The van der Waals surface area contributed by atoms with Crippen molar-refractivity contribution in [3.05, 3.63) is 52.8 Å². The van der Waals surface area contributed by atoms with Gasteiger partial charge in [-0.15, -0.1) is 0 Å². The molecule has 2 aromatic rings. The summed E-state index contributed by atoms with van der Waals surface area (Å²) in [6.07, 6.45) is 9.41. The van der Waals surface area contributed by atoms with E-state index < -0.39 is 0 Å². The summed E-state index contributed by atoms with van der Waals surface area (Å²) in [4.78, 5) is 30.5. The molecular formula is C24H31BrN4O2. The van der Waals surface area contributed by atoms with E-state index in [4.69, 9.17) is 0 Å². The Kier molecular flexibility index (Phi) is 7.00.